The zero-order valence-electron chi connectivity index (χ0n) is 26.3. The van der Waals surface area contributed by atoms with E-state index >= 15 is 0 Å². The van der Waals surface area contributed by atoms with Crippen LogP contribution in [0.1, 0.15) is 0 Å². The second-order valence-electron chi connectivity index (χ2n) is 12.2. The minimum absolute atomic E-state index is 0.875. The van der Waals surface area contributed by atoms with E-state index in [1.165, 1.54) is 27.6 Å². The number of para-hydroxylation sites is 1. The molecule has 226 valence electrons. The van der Waals surface area contributed by atoms with E-state index in [0.717, 1.165) is 55.5 Å². The molecule has 0 aliphatic heterocycles. The van der Waals surface area contributed by atoms with Crippen molar-refractivity contribution in [1.29, 1.82) is 0 Å². The van der Waals surface area contributed by atoms with Crippen LogP contribution in [0.4, 0.5) is 17.1 Å². The van der Waals surface area contributed by atoms with Gasteiger partial charge in [-0.15, -0.1) is 0 Å². The quantitative estimate of drug-likeness (QED) is 0.185. The predicted octanol–water partition coefficient (Wildman–Crippen LogP) is 13.2. The van der Waals surface area contributed by atoms with Gasteiger partial charge >= 0.3 is 0 Å². The van der Waals surface area contributed by atoms with Gasteiger partial charge < -0.3 is 9.32 Å². The van der Waals surface area contributed by atoms with E-state index in [4.69, 9.17) is 4.42 Å². The summed E-state index contributed by atoms with van der Waals surface area (Å²) in [6, 6.07) is 66.9. The van der Waals surface area contributed by atoms with Crippen molar-refractivity contribution in [3.05, 3.63) is 188 Å². The van der Waals surface area contributed by atoms with Crippen LogP contribution in [0.3, 0.4) is 0 Å². The van der Waals surface area contributed by atoms with Gasteiger partial charge in [0, 0.05) is 33.1 Å². The van der Waals surface area contributed by atoms with Gasteiger partial charge in [0.05, 0.1) is 5.69 Å². The molecule has 0 amide bonds. The Labute approximate surface area is 279 Å². The molecule has 0 saturated heterocycles. The molecule has 48 heavy (non-hydrogen) atoms. The van der Waals surface area contributed by atoms with Gasteiger partial charge in [-0.25, -0.2) is 0 Å². The molecule has 0 saturated carbocycles. The van der Waals surface area contributed by atoms with Crippen molar-refractivity contribution < 1.29 is 4.42 Å². The van der Waals surface area contributed by atoms with Crippen LogP contribution < -0.4 is 4.90 Å². The molecule has 1 heterocycles. The molecule has 2 nitrogen and oxygen atoms in total. The Bertz CT molecular complexity index is 2520. The van der Waals surface area contributed by atoms with E-state index in [2.05, 4.69) is 193 Å². The zero-order valence-corrected chi connectivity index (χ0v) is 26.3. The molecule has 0 bridgehead atoms. The third kappa shape index (κ3) is 4.92. The number of hydrogen-bond acceptors (Lipinski definition) is 2. The molecule has 0 spiro atoms. The Morgan fingerprint density at radius 1 is 0.354 bits per heavy atom. The van der Waals surface area contributed by atoms with E-state index in [1.807, 2.05) is 0 Å². The molecule has 0 N–H and O–H groups in total. The molecule has 0 radical (unpaired) electrons. The van der Waals surface area contributed by atoms with Crippen molar-refractivity contribution in [3.8, 4) is 33.4 Å². The molecule has 0 unspecified atom stereocenters. The number of furan rings is 1. The first-order chi connectivity index (χ1) is 23.8. The lowest BCUT2D eigenvalue weighted by molar-refractivity contribution is 0.673. The molecule has 1 aromatic heterocycles. The molecule has 8 aromatic carbocycles. The van der Waals surface area contributed by atoms with E-state index in [0.29, 0.717) is 0 Å². The van der Waals surface area contributed by atoms with Crippen LogP contribution in [0, 0.1) is 0 Å². The standard InChI is InChI=1S/C46H31NO/c1-4-12-32(13-5-1)34-20-22-37(23-21-34)42-31-45-43(41-29-26-36-16-10-11-19-40(36)46(41)48-45)30-44(42)47(38-17-8-3-9-18-38)39-27-24-35(25-28-39)33-14-6-2-7-15-33/h1-31H. The smallest absolute Gasteiger partial charge is 0.143 e. The van der Waals surface area contributed by atoms with E-state index in [1.54, 1.807) is 0 Å². The highest BCUT2D eigenvalue weighted by molar-refractivity contribution is 6.16. The molecule has 0 aliphatic carbocycles. The van der Waals surface area contributed by atoms with Crippen molar-refractivity contribution in [2.24, 2.45) is 0 Å². The summed E-state index contributed by atoms with van der Waals surface area (Å²) < 4.78 is 6.71. The van der Waals surface area contributed by atoms with Crippen LogP contribution in [0.15, 0.2) is 192 Å². The Kier molecular flexibility index (Phi) is 6.84. The molecule has 2 heteroatoms. The Hall–Kier alpha value is -6.38. The van der Waals surface area contributed by atoms with Crippen LogP contribution in [0.25, 0.3) is 66.1 Å². The summed E-state index contributed by atoms with van der Waals surface area (Å²) in [6.07, 6.45) is 0. The molecule has 0 fully saturated rings. The average Bonchev–Trinajstić information content (AvgIpc) is 3.54. The maximum atomic E-state index is 6.71. The van der Waals surface area contributed by atoms with Gasteiger partial charge in [-0.05, 0) is 75.7 Å². The van der Waals surface area contributed by atoms with Crippen molar-refractivity contribution in [1.82, 2.24) is 0 Å². The second kappa shape index (κ2) is 11.8. The van der Waals surface area contributed by atoms with Gasteiger partial charge in [-0.3, -0.25) is 0 Å². The summed E-state index contributed by atoms with van der Waals surface area (Å²) >= 11 is 0. The lowest BCUT2D eigenvalue weighted by atomic mass is 9.96. The SMILES string of the molecule is c1ccc(-c2ccc(-c3cc4oc5c6ccccc6ccc5c4cc3N(c3ccccc3)c3ccc(-c4ccccc4)cc3)cc2)cc1. The molecular weight excluding hydrogens is 583 g/mol. The maximum absolute atomic E-state index is 6.71. The summed E-state index contributed by atoms with van der Waals surface area (Å²) in [6.45, 7) is 0. The lowest BCUT2D eigenvalue weighted by Gasteiger charge is -2.28. The first-order valence-electron chi connectivity index (χ1n) is 16.3. The molecular formula is C46H31NO. The predicted molar refractivity (Wildman–Crippen MR) is 202 cm³/mol. The number of rotatable bonds is 6. The molecule has 0 aliphatic rings. The fraction of sp³-hybridized carbons (Fsp3) is 0. The first kappa shape index (κ1) is 27.9. The van der Waals surface area contributed by atoms with Gasteiger partial charge in [0.2, 0.25) is 0 Å². The highest BCUT2D eigenvalue weighted by Crippen LogP contribution is 2.46. The first-order valence-corrected chi connectivity index (χ1v) is 16.3. The second-order valence-corrected chi connectivity index (χ2v) is 12.2. The Morgan fingerprint density at radius 2 is 0.875 bits per heavy atom. The summed E-state index contributed by atoms with van der Waals surface area (Å²) in [5, 5.41) is 4.50. The average molecular weight is 614 g/mol. The normalized spacial score (nSPS) is 11.3. The fourth-order valence-electron chi connectivity index (χ4n) is 6.87. The molecule has 0 atom stereocenters. The summed E-state index contributed by atoms with van der Waals surface area (Å²) in [7, 11) is 0. The summed E-state index contributed by atoms with van der Waals surface area (Å²) in [4.78, 5) is 2.37. The Balaban J connectivity index is 1.28. The minimum Gasteiger partial charge on any atom is -0.455 e. The monoisotopic (exact) mass is 613 g/mol. The highest BCUT2D eigenvalue weighted by atomic mass is 16.3. The van der Waals surface area contributed by atoms with Crippen LogP contribution in [0.5, 0.6) is 0 Å². The Morgan fingerprint density at radius 3 is 1.54 bits per heavy atom. The number of benzene rings is 8. The van der Waals surface area contributed by atoms with Crippen molar-refractivity contribution >= 4 is 49.8 Å². The van der Waals surface area contributed by atoms with Crippen molar-refractivity contribution in [2.45, 2.75) is 0 Å². The van der Waals surface area contributed by atoms with Crippen molar-refractivity contribution in [3.63, 3.8) is 0 Å². The summed E-state index contributed by atoms with van der Waals surface area (Å²) in [5.41, 5.74) is 12.1. The fourth-order valence-corrected chi connectivity index (χ4v) is 6.87. The van der Waals surface area contributed by atoms with Gasteiger partial charge in [-0.1, -0.05) is 146 Å². The topological polar surface area (TPSA) is 16.4 Å². The highest BCUT2D eigenvalue weighted by Gasteiger charge is 2.21. The third-order valence-electron chi connectivity index (χ3n) is 9.27. The van der Waals surface area contributed by atoms with E-state index in [9.17, 15) is 0 Å². The largest absolute Gasteiger partial charge is 0.455 e. The van der Waals surface area contributed by atoms with Gasteiger partial charge in [0.1, 0.15) is 11.2 Å². The maximum Gasteiger partial charge on any atom is 0.143 e. The number of fused-ring (bicyclic) bond motifs is 5. The van der Waals surface area contributed by atoms with E-state index < -0.39 is 0 Å². The van der Waals surface area contributed by atoms with Gasteiger partial charge in [0.25, 0.3) is 0 Å². The van der Waals surface area contributed by atoms with Crippen LogP contribution >= 0.6 is 0 Å². The minimum atomic E-state index is 0.875. The lowest BCUT2D eigenvalue weighted by Crippen LogP contribution is -2.11. The molecule has 9 aromatic rings. The van der Waals surface area contributed by atoms with Crippen LogP contribution in [-0.2, 0) is 0 Å². The number of nitrogens with zero attached hydrogens (tertiary/aromatic N) is 1. The number of hydrogen-bond donors (Lipinski definition) is 0. The van der Waals surface area contributed by atoms with E-state index in [-0.39, 0.29) is 0 Å². The number of anilines is 3. The zero-order chi connectivity index (χ0) is 31.9. The van der Waals surface area contributed by atoms with Crippen molar-refractivity contribution in [2.75, 3.05) is 4.90 Å². The molecule has 9 rings (SSSR count). The third-order valence-corrected chi connectivity index (χ3v) is 9.27. The van der Waals surface area contributed by atoms with Crippen LogP contribution in [0.2, 0.25) is 0 Å². The van der Waals surface area contributed by atoms with Gasteiger partial charge in [-0.2, -0.15) is 0 Å². The van der Waals surface area contributed by atoms with Gasteiger partial charge in [0.15, 0.2) is 0 Å². The van der Waals surface area contributed by atoms with Crippen LogP contribution in [-0.4, -0.2) is 0 Å². The summed E-state index contributed by atoms with van der Waals surface area (Å²) in [5.74, 6) is 0.